The van der Waals surface area contributed by atoms with Gasteiger partial charge < -0.3 is 0 Å². The van der Waals surface area contributed by atoms with Crippen molar-refractivity contribution < 1.29 is 8.42 Å². The van der Waals surface area contributed by atoms with Crippen LogP contribution in [0.4, 0.5) is 0 Å². The average molecular weight is 245 g/mol. The molecule has 0 spiro atoms. The molecule has 0 aromatic heterocycles. The quantitative estimate of drug-likeness (QED) is 0.713. The minimum Gasteiger partial charge on any atom is -0.228 e. The fourth-order valence-electron chi connectivity index (χ4n) is 2.56. The number of sulfonamides is 1. The number of rotatable bonds is 1. The zero-order chi connectivity index (χ0) is 12.2. The van der Waals surface area contributed by atoms with Gasteiger partial charge in [-0.05, 0) is 12.8 Å². The average Bonchev–Trinajstić information content (AvgIpc) is 2.12. The summed E-state index contributed by atoms with van der Waals surface area (Å²) in [6, 6.07) is 0. The summed E-state index contributed by atoms with van der Waals surface area (Å²) >= 11 is 0. The maximum Gasteiger partial charge on any atom is 0.211 e. The van der Waals surface area contributed by atoms with E-state index in [2.05, 4.69) is 14.8 Å². The lowest BCUT2D eigenvalue weighted by molar-refractivity contribution is 0.427. The smallest absolute Gasteiger partial charge is 0.211 e. The predicted octanol–water partition coefficient (Wildman–Crippen LogP) is 1.59. The van der Waals surface area contributed by atoms with Gasteiger partial charge in [-0.2, -0.15) is 0 Å². The van der Waals surface area contributed by atoms with E-state index >= 15 is 0 Å². The van der Waals surface area contributed by atoms with Crippen LogP contribution in [0.15, 0.2) is 0 Å². The Balaban J connectivity index is 2.59. The molecule has 1 aliphatic carbocycles. The van der Waals surface area contributed by atoms with Crippen LogP contribution in [-0.2, 0) is 10.0 Å². The second-order valence-corrected chi connectivity index (χ2v) is 7.71. The Kier molecular flexibility index (Phi) is 4.86. The first-order valence-electron chi connectivity index (χ1n) is 6.33. The summed E-state index contributed by atoms with van der Waals surface area (Å²) in [7, 11) is -1.05. The highest BCUT2D eigenvalue weighted by Gasteiger charge is 2.24. The summed E-state index contributed by atoms with van der Waals surface area (Å²) in [6.07, 6.45) is 8.18. The lowest BCUT2D eigenvalue weighted by Gasteiger charge is -2.27. The van der Waals surface area contributed by atoms with Crippen LogP contribution in [-0.4, -0.2) is 21.5 Å². The van der Waals surface area contributed by atoms with Gasteiger partial charge in [-0.15, -0.1) is 0 Å². The van der Waals surface area contributed by atoms with Gasteiger partial charge in [0.25, 0.3) is 0 Å². The monoisotopic (exact) mass is 245 g/mol. The van der Waals surface area contributed by atoms with Crippen molar-refractivity contribution in [2.45, 2.75) is 68.9 Å². The van der Waals surface area contributed by atoms with Gasteiger partial charge in [-0.3, -0.25) is 0 Å². The zero-order valence-corrected chi connectivity index (χ0v) is 11.4. The third-order valence-corrected chi connectivity index (χ3v) is 5.12. The first kappa shape index (κ1) is 14.0. The van der Waals surface area contributed by atoms with E-state index in [1.54, 1.807) is 0 Å². The van der Waals surface area contributed by atoms with E-state index in [1.807, 2.05) is 0 Å². The van der Waals surface area contributed by atoms with Crippen molar-refractivity contribution >= 4 is 17.9 Å². The number of primary sulfonamides is 1. The summed E-state index contributed by atoms with van der Waals surface area (Å²) in [5.74, 6) is 0. The van der Waals surface area contributed by atoms with Crippen molar-refractivity contribution in [2.75, 3.05) is 0 Å². The third-order valence-electron chi connectivity index (χ3n) is 3.72. The van der Waals surface area contributed by atoms with Gasteiger partial charge in [0.15, 0.2) is 0 Å². The minimum atomic E-state index is -3.33. The molecule has 0 aromatic rings. The van der Waals surface area contributed by atoms with Crippen molar-refractivity contribution in [3.05, 3.63) is 0 Å². The molecule has 2 unspecified atom stereocenters. The summed E-state index contributed by atoms with van der Waals surface area (Å²) in [6.45, 7) is 2.28. The van der Waals surface area contributed by atoms with E-state index in [0.29, 0.717) is 5.31 Å². The lowest BCUT2D eigenvalue weighted by atomic mass is 9.64. The molecule has 5 heteroatoms. The van der Waals surface area contributed by atoms with Crippen LogP contribution in [0, 0.1) is 0 Å². The molecule has 0 amide bonds. The van der Waals surface area contributed by atoms with E-state index in [-0.39, 0.29) is 5.25 Å². The van der Waals surface area contributed by atoms with Crippen LogP contribution in [0.2, 0.25) is 5.31 Å². The second kappa shape index (κ2) is 5.54. The molecule has 1 aliphatic rings. The fourth-order valence-corrected chi connectivity index (χ4v) is 3.55. The second-order valence-electron chi connectivity index (χ2n) is 5.87. The summed E-state index contributed by atoms with van der Waals surface area (Å²) < 4.78 is 22.8. The Labute approximate surface area is 101 Å². The topological polar surface area (TPSA) is 60.2 Å². The molecule has 0 heterocycles. The molecule has 0 aromatic carbocycles. The number of hydrogen-bond donors (Lipinski definition) is 1. The van der Waals surface area contributed by atoms with Crippen molar-refractivity contribution in [2.24, 2.45) is 5.14 Å². The minimum absolute atomic E-state index is 0.304. The SMILES string of the molecule is BC1(C)CCCCCC(S(N)(=O)=O)CCC1. The van der Waals surface area contributed by atoms with E-state index in [9.17, 15) is 8.42 Å². The molecule has 3 nitrogen and oxygen atoms in total. The van der Waals surface area contributed by atoms with Gasteiger partial charge in [0, 0.05) is 0 Å². The van der Waals surface area contributed by atoms with Gasteiger partial charge in [0.1, 0.15) is 7.85 Å². The third kappa shape index (κ3) is 4.87. The largest absolute Gasteiger partial charge is 0.228 e. The van der Waals surface area contributed by atoms with Crippen LogP contribution in [0.3, 0.4) is 0 Å². The predicted molar refractivity (Wildman–Crippen MR) is 70.7 cm³/mol. The van der Waals surface area contributed by atoms with E-state index < -0.39 is 10.0 Å². The molecule has 0 saturated heterocycles. The van der Waals surface area contributed by atoms with Crippen molar-refractivity contribution in [1.29, 1.82) is 0 Å². The van der Waals surface area contributed by atoms with Crippen LogP contribution >= 0.6 is 0 Å². The van der Waals surface area contributed by atoms with E-state index in [0.717, 1.165) is 38.5 Å². The summed E-state index contributed by atoms with van der Waals surface area (Å²) in [5.41, 5.74) is 0. The first-order valence-corrected chi connectivity index (χ1v) is 7.94. The zero-order valence-electron chi connectivity index (χ0n) is 10.5. The van der Waals surface area contributed by atoms with Crippen LogP contribution in [0.5, 0.6) is 0 Å². The van der Waals surface area contributed by atoms with Crippen molar-refractivity contribution in [1.82, 2.24) is 0 Å². The van der Waals surface area contributed by atoms with Gasteiger partial charge in [-0.1, -0.05) is 50.8 Å². The fraction of sp³-hybridized carbons (Fsp3) is 1.00. The molecule has 0 radical (unpaired) electrons. The molecule has 0 aliphatic heterocycles. The Morgan fingerprint density at radius 3 is 2.31 bits per heavy atom. The van der Waals surface area contributed by atoms with Gasteiger partial charge >= 0.3 is 0 Å². The molecule has 1 saturated carbocycles. The maximum absolute atomic E-state index is 11.4. The van der Waals surface area contributed by atoms with Gasteiger partial charge in [0.2, 0.25) is 10.0 Å². The van der Waals surface area contributed by atoms with Gasteiger partial charge in [-0.25, -0.2) is 13.6 Å². The Bertz CT molecular complexity index is 314. The van der Waals surface area contributed by atoms with E-state index in [1.165, 1.54) is 12.8 Å². The highest BCUT2D eigenvalue weighted by molar-refractivity contribution is 7.89. The molecule has 16 heavy (non-hydrogen) atoms. The number of hydrogen-bond acceptors (Lipinski definition) is 2. The Morgan fingerprint density at radius 1 is 1.12 bits per heavy atom. The molecule has 2 N–H and O–H groups in total. The summed E-state index contributed by atoms with van der Waals surface area (Å²) in [4.78, 5) is 0. The first-order chi connectivity index (χ1) is 7.31. The molecule has 0 bridgehead atoms. The molecule has 1 rings (SSSR count). The van der Waals surface area contributed by atoms with Crippen LogP contribution in [0.1, 0.15) is 58.3 Å². The number of nitrogens with two attached hydrogens (primary N) is 1. The van der Waals surface area contributed by atoms with Crippen molar-refractivity contribution in [3.63, 3.8) is 0 Å². The van der Waals surface area contributed by atoms with Gasteiger partial charge in [0.05, 0.1) is 5.25 Å². The van der Waals surface area contributed by atoms with E-state index in [4.69, 9.17) is 5.14 Å². The highest BCUT2D eigenvalue weighted by atomic mass is 32.2. The molecule has 94 valence electrons. The van der Waals surface area contributed by atoms with Crippen molar-refractivity contribution in [3.8, 4) is 0 Å². The molecular weight excluding hydrogens is 221 g/mol. The summed E-state index contributed by atoms with van der Waals surface area (Å²) in [5, 5.41) is 5.32. The Hall–Kier alpha value is -0.0251. The Morgan fingerprint density at radius 2 is 1.69 bits per heavy atom. The standard InChI is InChI=1S/C11H24BNO2S/c1-11(12)8-4-2-3-6-10(7-5-9-11)16(13,14)15/h10H,2-9,12H2,1H3,(H2,13,14,15). The molecular formula is C11H24BNO2S. The highest BCUT2D eigenvalue weighted by Crippen LogP contribution is 2.36. The van der Waals surface area contributed by atoms with Crippen LogP contribution in [0.25, 0.3) is 0 Å². The van der Waals surface area contributed by atoms with Crippen LogP contribution < -0.4 is 5.14 Å². The lowest BCUT2D eigenvalue weighted by Crippen LogP contribution is -2.29. The normalized spacial score (nSPS) is 34.5. The maximum atomic E-state index is 11.4. The molecule has 1 fully saturated rings. The molecule has 2 atom stereocenters.